The van der Waals surface area contributed by atoms with Gasteiger partial charge in [-0.25, -0.2) is 13.2 Å². The van der Waals surface area contributed by atoms with E-state index in [4.69, 9.17) is 15.2 Å². The summed E-state index contributed by atoms with van der Waals surface area (Å²) in [5, 5.41) is 0. The number of hydrogen-bond donors (Lipinski definition) is 1. The Hall–Kier alpha value is -2.17. The van der Waals surface area contributed by atoms with Gasteiger partial charge in [0.1, 0.15) is 10.6 Å². The molecular formula is C13H18N2O7S. The first-order valence-corrected chi connectivity index (χ1v) is 7.80. The highest BCUT2D eigenvalue weighted by Gasteiger charge is 2.27. The number of primary amides is 1. The van der Waals surface area contributed by atoms with E-state index in [9.17, 15) is 18.0 Å². The van der Waals surface area contributed by atoms with Gasteiger partial charge in [-0.15, -0.1) is 0 Å². The maximum Gasteiger partial charge on any atom is 0.338 e. The molecule has 0 bridgehead atoms. The standard InChI is InChI=1S/C13H18N2O7S/c1-8(12(14)16)22-13(17)9-5-6-10(20-3)11(7-9)23(18,19)15(2)21-4/h5-8H,1-4H3,(H2,14,16)/t8-/m0/s1. The number of nitrogens with two attached hydrogens (primary N) is 1. The summed E-state index contributed by atoms with van der Waals surface area (Å²) in [4.78, 5) is 27.3. The predicted octanol–water partition coefficient (Wildman–Crippen LogP) is -0.0923. The van der Waals surface area contributed by atoms with Crippen molar-refractivity contribution in [2.45, 2.75) is 17.9 Å². The second-order valence-corrected chi connectivity index (χ2v) is 6.32. The van der Waals surface area contributed by atoms with E-state index < -0.39 is 28.0 Å². The van der Waals surface area contributed by atoms with Crippen molar-refractivity contribution in [2.75, 3.05) is 21.3 Å². The van der Waals surface area contributed by atoms with E-state index in [2.05, 4.69) is 4.84 Å². The largest absolute Gasteiger partial charge is 0.495 e. The number of ether oxygens (including phenoxy) is 2. The summed E-state index contributed by atoms with van der Waals surface area (Å²) in [5.74, 6) is -1.69. The number of esters is 1. The number of benzene rings is 1. The van der Waals surface area contributed by atoms with Gasteiger partial charge in [-0.3, -0.25) is 9.63 Å². The molecule has 1 rings (SSSR count). The average Bonchev–Trinajstić information content (AvgIpc) is 2.52. The summed E-state index contributed by atoms with van der Waals surface area (Å²) in [5.41, 5.74) is 4.93. The minimum absolute atomic E-state index is 0.0217. The molecule has 0 aliphatic carbocycles. The van der Waals surface area contributed by atoms with Crippen LogP contribution in [0.3, 0.4) is 0 Å². The van der Waals surface area contributed by atoms with Gasteiger partial charge >= 0.3 is 5.97 Å². The Bertz CT molecular complexity index is 702. The third kappa shape index (κ3) is 4.18. The molecule has 0 spiro atoms. The van der Waals surface area contributed by atoms with Crippen LogP contribution in [0.25, 0.3) is 0 Å². The summed E-state index contributed by atoms with van der Waals surface area (Å²) in [6.45, 7) is 1.31. The van der Waals surface area contributed by atoms with Gasteiger partial charge in [0.2, 0.25) is 0 Å². The minimum atomic E-state index is -4.05. The molecule has 1 aromatic rings. The molecule has 0 fully saturated rings. The van der Waals surface area contributed by atoms with Crippen LogP contribution < -0.4 is 10.5 Å². The Morgan fingerprint density at radius 1 is 1.26 bits per heavy atom. The van der Waals surface area contributed by atoms with Crippen LogP contribution in [0.1, 0.15) is 17.3 Å². The van der Waals surface area contributed by atoms with Crippen molar-refractivity contribution in [1.29, 1.82) is 0 Å². The Morgan fingerprint density at radius 3 is 2.35 bits per heavy atom. The fourth-order valence-electron chi connectivity index (χ4n) is 1.53. The summed E-state index contributed by atoms with van der Waals surface area (Å²) in [6, 6.07) is 3.67. The molecule has 0 heterocycles. The summed E-state index contributed by atoms with van der Waals surface area (Å²) >= 11 is 0. The molecule has 0 saturated heterocycles. The molecule has 1 aromatic carbocycles. The number of methoxy groups -OCH3 is 1. The molecule has 1 amide bonds. The van der Waals surface area contributed by atoms with E-state index in [0.717, 1.165) is 6.07 Å². The van der Waals surface area contributed by atoms with Crippen LogP contribution in [-0.4, -0.2) is 52.1 Å². The van der Waals surface area contributed by atoms with Crippen molar-refractivity contribution in [3.63, 3.8) is 0 Å². The molecule has 0 aliphatic heterocycles. The van der Waals surface area contributed by atoms with Gasteiger partial charge in [0.15, 0.2) is 6.10 Å². The van der Waals surface area contributed by atoms with Crippen LogP contribution in [0, 0.1) is 0 Å². The van der Waals surface area contributed by atoms with Crippen LogP contribution in [0.4, 0.5) is 0 Å². The number of hydroxylamine groups is 1. The van der Waals surface area contributed by atoms with Gasteiger partial charge in [-0.2, -0.15) is 0 Å². The topological polar surface area (TPSA) is 125 Å². The maximum atomic E-state index is 12.3. The second-order valence-electron chi connectivity index (χ2n) is 4.41. The molecular weight excluding hydrogens is 328 g/mol. The van der Waals surface area contributed by atoms with Crippen LogP contribution >= 0.6 is 0 Å². The number of nitrogens with zero attached hydrogens (tertiary/aromatic N) is 1. The fourth-order valence-corrected chi connectivity index (χ4v) is 2.68. The first-order chi connectivity index (χ1) is 10.6. The van der Waals surface area contributed by atoms with E-state index in [1.807, 2.05) is 0 Å². The number of carbonyl (C=O) groups excluding carboxylic acids is 2. The van der Waals surface area contributed by atoms with Crippen molar-refractivity contribution in [1.82, 2.24) is 4.47 Å². The van der Waals surface area contributed by atoms with Crippen molar-refractivity contribution < 1.29 is 32.3 Å². The van der Waals surface area contributed by atoms with E-state index in [-0.39, 0.29) is 16.2 Å². The van der Waals surface area contributed by atoms with E-state index in [1.54, 1.807) is 0 Å². The van der Waals surface area contributed by atoms with Gasteiger partial charge < -0.3 is 15.2 Å². The normalized spacial score (nSPS) is 12.7. The molecule has 0 saturated carbocycles. The third-order valence-electron chi connectivity index (χ3n) is 2.96. The minimum Gasteiger partial charge on any atom is -0.495 e. The predicted molar refractivity (Wildman–Crippen MR) is 79.0 cm³/mol. The first kappa shape index (κ1) is 18.9. The van der Waals surface area contributed by atoms with E-state index in [1.165, 1.54) is 40.3 Å². The monoisotopic (exact) mass is 346 g/mol. The smallest absolute Gasteiger partial charge is 0.338 e. The highest BCUT2D eigenvalue weighted by Crippen LogP contribution is 2.27. The van der Waals surface area contributed by atoms with Crippen LogP contribution in [0.2, 0.25) is 0 Å². The lowest BCUT2D eigenvalue weighted by molar-refractivity contribution is -0.125. The Balaban J connectivity index is 3.28. The second kappa shape index (κ2) is 7.40. The maximum absolute atomic E-state index is 12.3. The number of carbonyl (C=O) groups is 2. The lowest BCUT2D eigenvalue weighted by atomic mass is 10.2. The Morgan fingerprint density at radius 2 is 1.87 bits per heavy atom. The van der Waals surface area contributed by atoms with Gasteiger partial charge in [0, 0.05) is 7.05 Å². The van der Waals surface area contributed by atoms with E-state index in [0.29, 0.717) is 4.47 Å². The van der Waals surface area contributed by atoms with Crippen LogP contribution in [-0.2, 0) is 24.4 Å². The Labute approximate surface area is 133 Å². The highest BCUT2D eigenvalue weighted by molar-refractivity contribution is 7.89. The van der Waals surface area contributed by atoms with Crippen LogP contribution in [0.5, 0.6) is 5.75 Å². The molecule has 23 heavy (non-hydrogen) atoms. The summed E-state index contributed by atoms with van der Waals surface area (Å²) in [7, 11) is -0.393. The van der Waals surface area contributed by atoms with Crippen LogP contribution in [0.15, 0.2) is 23.1 Å². The molecule has 0 unspecified atom stereocenters. The zero-order chi connectivity index (χ0) is 17.8. The summed E-state index contributed by atoms with van der Waals surface area (Å²) < 4.78 is 35.1. The molecule has 1 atom stereocenters. The van der Waals surface area contributed by atoms with Gasteiger partial charge in [0.05, 0.1) is 19.8 Å². The fraction of sp³-hybridized carbons (Fsp3) is 0.385. The average molecular weight is 346 g/mol. The number of hydrogen-bond acceptors (Lipinski definition) is 7. The number of amides is 1. The van der Waals surface area contributed by atoms with Gasteiger partial charge in [-0.05, 0) is 25.1 Å². The third-order valence-corrected chi connectivity index (χ3v) is 4.66. The van der Waals surface area contributed by atoms with Crippen molar-refractivity contribution in [3.05, 3.63) is 23.8 Å². The molecule has 10 heteroatoms. The van der Waals surface area contributed by atoms with Gasteiger partial charge in [-0.1, -0.05) is 4.47 Å². The van der Waals surface area contributed by atoms with Crippen molar-refractivity contribution in [3.8, 4) is 5.75 Å². The summed E-state index contributed by atoms with van der Waals surface area (Å²) in [6.07, 6.45) is -1.15. The lowest BCUT2D eigenvalue weighted by Crippen LogP contribution is -2.30. The van der Waals surface area contributed by atoms with Crippen molar-refractivity contribution in [2.24, 2.45) is 5.73 Å². The molecule has 128 valence electrons. The molecule has 9 nitrogen and oxygen atoms in total. The zero-order valence-electron chi connectivity index (χ0n) is 13.1. The van der Waals surface area contributed by atoms with E-state index >= 15 is 0 Å². The first-order valence-electron chi connectivity index (χ1n) is 6.36. The van der Waals surface area contributed by atoms with Gasteiger partial charge in [0.25, 0.3) is 15.9 Å². The molecule has 2 N–H and O–H groups in total. The SMILES string of the molecule is COc1ccc(C(=O)O[C@@H](C)C(N)=O)cc1S(=O)(=O)N(C)OC. The lowest BCUT2D eigenvalue weighted by Gasteiger charge is -2.17. The molecule has 0 aromatic heterocycles. The zero-order valence-corrected chi connectivity index (χ0v) is 13.9. The quantitative estimate of drug-likeness (QED) is 0.540. The molecule has 0 aliphatic rings. The number of rotatable bonds is 7. The molecule has 0 radical (unpaired) electrons. The van der Waals surface area contributed by atoms with Crippen molar-refractivity contribution >= 4 is 21.9 Å². The number of sulfonamides is 1. The Kier molecular flexibility index (Phi) is 6.07. The highest BCUT2D eigenvalue weighted by atomic mass is 32.2.